The molecular weight excluding hydrogens is 785 g/mol. The van der Waals surface area contributed by atoms with E-state index in [2.05, 4.69) is 124 Å². The van der Waals surface area contributed by atoms with Crippen LogP contribution >= 0.6 is 0 Å². The van der Waals surface area contributed by atoms with Crippen molar-refractivity contribution in [2.75, 3.05) is 0 Å². The Morgan fingerprint density at radius 3 is 0.734 bits per heavy atom. The van der Waals surface area contributed by atoms with E-state index in [4.69, 9.17) is 0 Å². The zero-order valence-electron chi connectivity index (χ0n) is 44.0. The first-order chi connectivity index (χ1) is 31.2. The lowest BCUT2D eigenvalue weighted by Crippen LogP contribution is -2.70. The highest BCUT2D eigenvalue weighted by molar-refractivity contribution is 7.16. The topological polar surface area (TPSA) is 0 Å². The summed E-state index contributed by atoms with van der Waals surface area (Å²) in [5.74, 6) is 0.426. The van der Waals surface area contributed by atoms with Crippen LogP contribution in [0.15, 0.2) is 76.5 Å². The van der Waals surface area contributed by atoms with Gasteiger partial charge in [0, 0.05) is 0 Å². The third kappa shape index (κ3) is 15.7. The Morgan fingerprint density at radius 2 is 0.547 bits per heavy atom. The molecule has 0 aliphatic heterocycles. The molecule has 1 aliphatic carbocycles. The molecule has 3 aromatic rings. The number of allylic oxidation sites excluding steroid dienone is 4. The molecule has 1 heteroatoms. The van der Waals surface area contributed by atoms with Crippen molar-refractivity contribution in [1.29, 1.82) is 0 Å². The number of unbranched alkanes of at least 4 members (excludes halogenated alkanes) is 18. The molecule has 0 amide bonds. The Labute approximate surface area is 399 Å². The lowest BCUT2D eigenvalue weighted by Gasteiger charge is -2.40. The first-order valence-electron chi connectivity index (χ1n) is 28.0. The molecule has 0 aromatic heterocycles. The van der Waals surface area contributed by atoms with Crippen LogP contribution in [0.4, 0.5) is 0 Å². The summed E-state index contributed by atoms with van der Waals surface area (Å²) in [5.41, 5.74) is 14.4. The summed E-state index contributed by atoms with van der Waals surface area (Å²) < 4.78 is 0. The van der Waals surface area contributed by atoms with Crippen molar-refractivity contribution in [3.63, 3.8) is 0 Å². The molecule has 0 bridgehead atoms. The number of hydrogen-bond acceptors (Lipinski definition) is 0. The lowest BCUT2D eigenvalue weighted by molar-refractivity contribution is 0.661. The largest absolute Gasteiger partial charge is 0.176 e. The molecule has 64 heavy (non-hydrogen) atoms. The van der Waals surface area contributed by atoms with Gasteiger partial charge in [0.15, 0.2) is 8.07 Å². The zero-order valence-corrected chi connectivity index (χ0v) is 45.0. The van der Waals surface area contributed by atoms with Gasteiger partial charge in [0.05, 0.1) is 0 Å². The van der Waals surface area contributed by atoms with Crippen molar-refractivity contribution in [3.8, 4) is 0 Å². The highest BCUT2D eigenvalue weighted by Gasteiger charge is 2.49. The third-order valence-corrected chi connectivity index (χ3v) is 20.5. The van der Waals surface area contributed by atoms with Gasteiger partial charge in [0.25, 0.3) is 0 Å². The quantitative estimate of drug-likeness (QED) is 0.0318. The van der Waals surface area contributed by atoms with E-state index in [9.17, 15) is 0 Å². The SMILES string of the molecule is CCCCCCc1cc(CCCCCC)cc([Si](C2=C(C)C(C)=C(C)C2C)(c2cc(CCCCCC)cc(CCCCCC)c2)c2cc(CCCCCC)cc(CCCCCC)c2)c1. The predicted octanol–water partition coefficient (Wildman–Crippen LogP) is 17.7. The van der Waals surface area contributed by atoms with E-state index in [1.165, 1.54) is 193 Å². The Hall–Kier alpha value is -2.64. The van der Waals surface area contributed by atoms with Crippen molar-refractivity contribution in [3.05, 3.63) is 110 Å². The van der Waals surface area contributed by atoms with Crippen molar-refractivity contribution >= 4 is 23.6 Å². The van der Waals surface area contributed by atoms with E-state index in [1.807, 2.05) is 0 Å². The van der Waals surface area contributed by atoms with Crippen LogP contribution in [0.25, 0.3) is 0 Å². The van der Waals surface area contributed by atoms with Crippen LogP contribution in [0.3, 0.4) is 0 Å². The van der Waals surface area contributed by atoms with Crippen molar-refractivity contribution < 1.29 is 0 Å². The molecule has 0 fully saturated rings. The van der Waals surface area contributed by atoms with Gasteiger partial charge in [-0.15, -0.1) is 0 Å². The number of rotatable bonds is 34. The van der Waals surface area contributed by atoms with Gasteiger partial charge in [-0.05, 0) is 158 Å². The van der Waals surface area contributed by atoms with Crippen molar-refractivity contribution in [2.24, 2.45) is 5.92 Å². The van der Waals surface area contributed by atoms with Crippen LogP contribution in [0.1, 0.15) is 257 Å². The summed E-state index contributed by atoms with van der Waals surface area (Å²) in [6.07, 6.45) is 38.8. The van der Waals surface area contributed by atoms with E-state index >= 15 is 0 Å². The first-order valence-corrected chi connectivity index (χ1v) is 30.0. The van der Waals surface area contributed by atoms with Gasteiger partial charge in [-0.2, -0.15) is 0 Å². The van der Waals surface area contributed by atoms with Gasteiger partial charge in [0.1, 0.15) is 0 Å². The summed E-state index contributed by atoms with van der Waals surface area (Å²) in [4.78, 5) is 0. The minimum atomic E-state index is -2.88. The molecular formula is C63H100Si. The molecule has 0 saturated carbocycles. The van der Waals surface area contributed by atoms with Crippen LogP contribution in [0, 0.1) is 5.92 Å². The molecule has 356 valence electrons. The van der Waals surface area contributed by atoms with Crippen LogP contribution in [-0.4, -0.2) is 8.07 Å². The van der Waals surface area contributed by atoms with Crippen LogP contribution < -0.4 is 15.6 Å². The fourth-order valence-corrected chi connectivity index (χ4v) is 17.2. The van der Waals surface area contributed by atoms with Crippen LogP contribution in [0.2, 0.25) is 0 Å². The minimum Gasteiger partial charge on any atom is -0.0654 e. The average Bonchev–Trinajstić information content (AvgIpc) is 3.49. The lowest BCUT2D eigenvalue weighted by atomic mass is 10.00. The molecule has 0 radical (unpaired) electrons. The number of hydrogen-bond donors (Lipinski definition) is 0. The highest BCUT2D eigenvalue weighted by atomic mass is 28.3. The maximum atomic E-state index is 2.81. The fraction of sp³-hybridized carbons (Fsp3) is 0.651. The molecule has 0 nitrogen and oxygen atoms in total. The molecule has 0 heterocycles. The molecule has 0 spiro atoms. The fourth-order valence-electron chi connectivity index (χ4n) is 11.3. The second kappa shape index (κ2) is 29.9. The normalized spacial score (nSPS) is 14.4. The Morgan fingerprint density at radius 1 is 0.312 bits per heavy atom. The van der Waals surface area contributed by atoms with Gasteiger partial charge < -0.3 is 0 Å². The molecule has 0 N–H and O–H groups in total. The summed E-state index contributed by atoms with van der Waals surface area (Å²) in [6, 6.07) is 24.9. The van der Waals surface area contributed by atoms with Gasteiger partial charge >= 0.3 is 0 Å². The molecule has 4 rings (SSSR count). The Kier molecular flexibility index (Phi) is 25.2. The first kappa shape index (κ1) is 54.0. The van der Waals surface area contributed by atoms with Gasteiger partial charge in [-0.3, -0.25) is 0 Å². The van der Waals surface area contributed by atoms with Gasteiger partial charge in [-0.25, -0.2) is 0 Å². The highest BCUT2D eigenvalue weighted by Crippen LogP contribution is 2.42. The van der Waals surface area contributed by atoms with Crippen LogP contribution in [-0.2, 0) is 38.5 Å². The van der Waals surface area contributed by atoms with Crippen LogP contribution in [0.5, 0.6) is 0 Å². The maximum Gasteiger partial charge on any atom is 0.176 e. The van der Waals surface area contributed by atoms with Gasteiger partial charge in [0.2, 0.25) is 0 Å². The van der Waals surface area contributed by atoms with Crippen molar-refractivity contribution in [2.45, 2.75) is 262 Å². The molecule has 1 unspecified atom stereocenters. The smallest absolute Gasteiger partial charge is 0.0654 e. The van der Waals surface area contributed by atoms with E-state index in [1.54, 1.807) is 70.9 Å². The van der Waals surface area contributed by atoms with E-state index < -0.39 is 8.07 Å². The predicted molar refractivity (Wildman–Crippen MR) is 291 cm³/mol. The van der Waals surface area contributed by atoms with E-state index in [-0.39, 0.29) is 0 Å². The molecule has 1 aliphatic rings. The second-order valence-corrected chi connectivity index (χ2v) is 24.6. The monoisotopic (exact) mass is 885 g/mol. The standard InChI is InChI=1S/C63H100Si/c1-11-17-23-29-35-54-41-55(36-30-24-18-12-2)45-60(44-54)64(63-52(9)50(7)51(8)53(63)10,61-46-56(37-31-25-19-13-3)42-57(47-61)38-32-26-20-14-4)62-48-58(39-33-27-21-15-5)43-59(49-62)40-34-28-22-16-6/h41-49,52H,11-40H2,1-10H3. The number of aryl methyl sites for hydroxylation is 6. The zero-order chi connectivity index (χ0) is 46.2. The van der Waals surface area contributed by atoms with Crippen molar-refractivity contribution in [1.82, 2.24) is 0 Å². The Bertz CT molecular complexity index is 1590. The summed E-state index contributed by atoms with van der Waals surface area (Å²) in [7, 11) is -2.88. The summed E-state index contributed by atoms with van der Waals surface area (Å²) in [5, 5.41) is 6.86. The third-order valence-electron chi connectivity index (χ3n) is 15.4. The minimum absolute atomic E-state index is 0.426. The second-order valence-electron chi connectivity index (χ2n) is 20.8. The average molecular weight is 886 g/mol. The maximum absolute atomic E-state index is 2.88. The van der Waals surface area contributed by atoms with E-state index in [0.29, 0.717) is 5.92 Å². The summed E-state index contributed by atoms with van der Waals surface area (Å²) in [6.45, 7) is 24.2. The van der Waals surface area contributed by atoms with E-state index in [0.717, 1.165) is 0 Å². The molecule has 3 aromatic carbocycles. The van der Waals surface area contributed by atoms with Gasteiger partial charge in [-0.1, -0.05) is 235 Å². The molecule has 0 saturated heterocycles. The number of benzene rings is 3. The summed E-state index contributed by atoms with van der Waals surface area (Å²) >= 11 is 0. The molecule has 1 atom stereocenters. The Balaban J connectivity index is 2.19.